The molecule has 0 unspecified atom stereocenters. The van der Waals surface area contributed by atoms with Crippen molar-refractivity contribution in [2.75, 3.05) is 13.1 Å². The van der Waals surface area contributed by atoms with Crippen LogP contribution in [0.5, 0.6) is 0 Å². The predicted octanol–water partition coefficient (Wildman–Crippen LogP) is 1.91. The van der Waals surface area contributed by atoms with Crippen LogP contribution in [0.4, 0.5) is 0 Å². The normalized spacial score (nSPS) is 16.0. The summed E-state index contributed by atoms with van der Waals surface area (Å²) in [5, 5.41) is 9.25. The van der Waals surface area contributed by atoms with Crippen LogP contribution >= 0.6 is 0 Å². The Labute approximate surface area is 115 Å². The Morgan fingerprint density at radius 1 is 1.37 bits per heavy atom. The topological polar surface area (TPSA) is 57.6 Å². The van der Waals surface area contributed by atoms with Crippen molar-refractivity contribution in [3.63, 3.8) is 0 Å². The van der Waals surface area contributed by atoms with E-state index in [-0.39, 0.29) is 11.5 Å². The van der Waals surface area contributed by atoms with Crippen LogP contribution in [0, 0.1) is 12.8 Å². The van der Waals surface area contributed by atoms with E-state index >= 15 is 0 Å². The molecule has 0 spiro atoms. The molecule has 0 aliphatic heterocycles. The van der Waals surface area contributed by atoms with Gasteiger partial charge in [0.15, 0.2) is 0 Å². The van der Waals surface area contributed by atoms with Gasteiger partial charge in [0, 0.05) is 13.1 Å². The Kier molecular flexibility index (Phi) is 4.28. The highest BCUT2D eigenvalue weighted by Crippen LogP contribution is 2.31. The molecule has 1 fully saturated rings. The van der Waals surface area contributed by atoms with Crippen LogP contribution in [0.1, 0.15) is 30.9 Å². The molecule has 1 aliphatic rings. The second-order valence-corrected chi connectivity index (χ2v) is 7.08. The first-order valence-corrected chi connectivity index (χ1v) is 8.13. The summed E-state index contributed by atoms with van der Waals surface area (Å²) in [5.41, 5.74) is 1.58. The predicted molar refractivity (Wildman–Crippen MR) is 74.3 cm³/mol. The Hall–Kier alpha value is -0.910. The fourth-order valence-electron chi connectivity index (χ4n) is 2.11. The van der Waals surface area contributed by atoms with Crippen LogP contribution < -0.4 is 0 Å². The molecule has 1 aromatic rings. The van der Waals surface area contributed by atoms with Crippen molar-refractivity contribution < 1.29 is 13.5 Å². The number of sulfonamides is 1. The molecule has 0 amide bonds. The molecular formula is C14H21NO3S. The summed E-state index contributed by atoms with van der Waals surface area (Å²) in [5.74, 6) is 0.525. The molecular weight excluding hydrogens is 262 g/mol. The standard InChI is InChI=1S/C14H21NO3S/c1-3-15(9-12-5-6-12)19(17,18)14-7-4-11(2)13(8-14)10-16/h4,7-8,12,16H,3,5-6,9-10H2,1-2H3. The molecule has 1 aromatic carbocycles. The summed E-state index contributed by atoms with van der Waals surface area (Å²) in [4.78, 5) is 0.282. The molecule has 0 aromatic heterocycles. The van der Waals surface area contributed by atoms with Gasteiger partial charge in [0.2, 0.25) is 10.0 Å². The Morgan fingerprint density at radius 2 is 2.05 bits per heavy atom. The zero-order valence-electron chi connectivity index (χ0n) is 11.5. The minimum atomic E-state index is -3.43. The summed E-state index contributed by atoms with van der Waals surface area (Å²) in [6.45, 7) is 4.69. The fourth-order valence-corrected chi connectivity index (χ4v) is 3.69. The Morgan fingerprint density at radius 3 is 2.58 bits per heavy atom. The quantitative estimate of drug-likeness (QED) is 0.867. The molecule has 1 N–H and O–H groups in total. The monoisotopic (exact) mass is 283 g/mol. The average Bonchev–Trinajstić information content (AvgIpc) is 3.20. The van der Waals surface area contributed by atoms with Crippen LogP contribution in [0.15, 0.2) is 23.1 Å². The number of nitrogens with zero attached hydrogens (tertiary/aromatic N) is 1. The summed E-state index contributed by atoms with van der Waals surface area (Å²) < 4.78 is 26.6. The molecule has 0 radical (unpaired) electrons. The number of hydrogen-bond acceptors (Lipinski definition) is 3. The van der Waals surface area contributed by atoms with E-state index in [0.717, 1.165) is 18.4 Å². The van der Waals surface area contributed by atoms with Crippen LogP contribution in [0.25, 0.3) is 0 Å². The lowest BCUT2D eigenvalue weighted by atomic mass is 10.1. The first-order chi connectivity index (χ1) is 8.98. The van der Waals surface area contributed by atoms with Gasteiger partial charge in [0.25, 0.3) is 0 Å². The van der Waals surface area contributed by atoms with E-state index < -0.39 is 10.0 Å². The smallest absolute Gasteiger partial charge is 0.243 e. The first kappa shape index (κ1) is 14.5. The zero-order chi connectivity index (χ0) is 14.0. The summed E-state index contributed by atoms with van der Waals surface area (Å²) in [7, 11) is -3.43. The van der Waals surface area contributed by atoms with E-state index in [2.05, 4.69) is 0 Å². The van der Waals surface area contributed by atoms with Crippen molar-refractivity contribution in [2.24, 2.45) is 5.92 Å². The van der Waals surface area contributed by atoms with Crippen molar-refractivity contribution in [3.05, 3.63) is 29.3 Å². The van der Waals surface area contributed by atoms with Gasteiger partial charge < -0.3 is 5.11 Å². The van der Waals surface area contributed by atoms with Crippen LogP contribution in [0.3, 0.4) is 0 Å². The summed E-state index contributed by atoms with van der Waals surface area (Å²) >= 11 is 0. The minimum Gasteiger partial charge on any atom is -0.392 e. The van der Waals surface area contributed by atoms with Crippen LogP contribution in [0.2, 0.25) is 0 Å². The maximum atomic E-state index is 12.6. The molecule has 5 heteroatoms. The van der Waals surface area contributed by atoms with E-state index in [1.54, 1.807) is 18.2 Å². The van der Waals surface area contributed by atoms with Crippen molar-refractivity contribution in [3.8, 4) is 0 Å². The van der Waals surface area contributed by atoms with Gasteiger partial charge in [-0.1, -0.05) is 13.0 Å². The van der Waals surface area contributed by atoms with Crippen molar-refractivity contribution >= 4 is 10.0 Å². The highest BCUT2D eigenvalue weighted by Gasteiger charge is 2.30. The summed E-state index contributed by atoms with van der Waals surface area (Å²) in [6, 6.07) is 4.96. The summed E-state index contributed by atoms with van der Waals surface area (Å²) in [6.07, 6.45) is 2.25. The lowest BCUT2D eigenvalue weighted by Gasteiger charge is -2.21. The number of aryl methyl sites for hydroxylation is 1. The van der Waals surface area contributed by atoms with Crippen molar-refractivity contribution in [1.29, 1.82) is 0 Å². The third kappa shape index (κ3) is 3.16. The second kappa shape index (κ2) is 5.61. The van der Waals surface area contributed by atoms with Gasteiger partial charge >= 0.3 is 0 Å². The van der Waals surface area contributed by atoms with E-state index in [1.807, 2.05) is 13.8 Å². The Bertz CT molecular complexity index is 550. The molecule has 106 valence electrons. The lowest BCUT2D eigenvalue weighted by Crippen LogP contribution is -2.32. The molecule has 1 saturated carbocycles. The van der Waals surface area contributed by atoms with Gasteiger partial charge in [-0.2, -0.15) is 4.31 Å². The molecule has 0 atom stereocenters. The average molecular weight is 283 g/mol. The molecule has 0 bridgehead atoms. The number of aliphatic hydroxyl groups excluding tert-OH is 1. The molecule has 0 heterocycles. The maximum absolute atomic E-state index is 12.6. The van der Waals surface area contributed by atoms with E-state index in [4.69, 9.17) is 0 Å². The van der Waals surface area contributed by atoms with Crippen LogP contribution in [-0.4, -0.2) is 30.9 Å². The molecule has 19 heavy (non-hydrogen) atoms. The fraction of sp³-hybridized carbons (Fsp3) is 0.571. The highest BCUT2D eigenvalue weighted by molar-refractivity contribution is 7.89. The third-order valence-corrected chi connectivity index (χ3v) is 5.58. The van der Waals surface area contributed by atoms with Gasteiger partial charge in [-0.05, 0) is 48.9 Å². The highest BCUT2D eigenvalue weighted by atomic mass is 32.2. The molecule has 2 rings (SSSR count). The second-order valence-electron chi connectivity index (χ2n) is 5.15. The SMILES string of the molecule is CCN(CC1CC1)S(=O)(=O)c1ccc(C)c(CO)c1. The number of aliphatic hydroxyl groups is 1. The third-order valence-electron chi connectivity index (χ3n) is 3.64. The first-order valence-electron chi connectivity index (χ1n) is 6.69. The van der Waals surface area contributed by atoms with E-state index in [9.17, 15) is 13.5 Å². The van der Waals surface area contributed by atoms with Gasteiger partial charge in [0.05, 0.1) is 11.5 Å². The van der Waals surface area contributed by atoms with Crippen LogP contribution in [-0.2, 0) is 16.6 Å². The zero-order valence-corrected chi connectivity index (χ0v) is 12.3. The molecule has 4 nitrogen and oxygen atoms in total. The Balaban J connectivity index is 2.31. The van der Waals surface area contributed by atoms with Gasteiger partial charge in [-0.3, -0.25) is 0 Å². The minimum absolute atomic E-state index is 0.135. The van der Waals surface area contributed by atoms with Gasteiger partial charge in [-0.25, -0.2) is 8.42 Å². The molecule has 0 saturated heterocycles. The molecule has 1 aliphatic carbocycles. The maximum Gasteiger partial charge on any atom is 0.243 e. The van der Waals surface area contributed by atoms with Crippen molar-refractivity contribution in [1.82, 2.24) is 4.31 Å². The van der Waals surface area contributed by atoms with E-state index in [1.165, 1.54) is 4.31 Å². The van der Waals surface area contributed by atoms with Gasteiger partial charge in [0.1, 0.15) is 0 Å². The number of benzene rings is 1. The number of rotatable bonds is 6. The van der Waals surface area contributed by atoms with E-state index in [0.29, 0.717) is 24.6 Å². The van der Waals surface area contributed by atoms with Crippen molar-refractivity contribution in [2.45, 2.75) is 38.2 Å². The van der Waals surface area contributed by atoms with Gasteiger partial charge in [-0.15, -0.1) is 0 Å². The lowest BCUT2D eigenvalue weighted by molar-refractivity contribution is 0.280. The largest absolute Gasteiger partial charge is 0.392 e. The number of hydrogen-bond donors (Lipinski definition) is 1.